The monoisotopic (exact) mass is 199 g/mol. The lowest BCUT2D eigenvalue weighted by atomic mass is 10.1. The summed E-state index contributed by atoms with van der Waals surface area (Å²) < 4.78 is 0. The van der Waals surface area contributed by atoms with Crippen LogP contribution in [0.5, 0.6) is 0 Å². The van der Waals surface area contributed by atoms with Crippen LogP contribution < -0.4 is 10.6 Å². The number of carbonyl (C=O) groups excluding carboxylic acids is 1. The molecule has 1 unspecified atom stereocenters. The number of carbonyl (C=O) groups is 1. The van der Waals surface area contributed by atoms with Crippen molar-refractivity contribution in [3.63, 3.8) is 0 Å². The van der Waals surface area contributed by atoms with Crippen LogP contribution in [0.3, 0.4) is 0 Å². The van der Waals surface area contributed by atoms with Crippen molar-refractivity contribution >= 4 is 5.91 Å². The van der Waals surface area contributed by atoms with E-state index in [2.05, 4.69) is 29.4 Å². The Morgan fingerprint density at radius 3 is 2.93 bits per heavy atom. The van der Waals surface area contributed by atoms with E-state index in [0.717, 1.165) is 26.1 Å². The smallest absolute Gasteiger partial charge is 0.237 e. The van der Waals surface area contributed by atoms with Gasteiger partial charge in [-0.05, 0) is 33.9 Å². The lowest BCUT2D eigenvalue weighted by Crippen LogP contribution is -2.57. The van der Waals surface area contributed by atoms with E-state index in [1.807, 2.05) is 7.05 Å². The zero-order chi connectivity index (χ0) is 10.6. The van der Waals surface area contributed by atoms with E-state index in [4.69, 9.17) is 0 Å². The average Bonchev–Trinajstić information content (AvgIpc) is 2.15. The summed E-state index contributed by atoms with van der Waals surface area (Å²) in [6, 6.07) is 0.499. The Morgan fingerprint density at radius 2 is 2.36 bits per heavy atom. The first kappa shape index (κ1) is 11.5. The Bertz CT molecular complexity index is 194. The summed E-state index contributed by atoms with van der Waals surface area (Å²) in [4.78, 5) is 13.9. The van der Waals surface area contributed by atoms with Crippen LogP contribution in [0.1, 0.15) is 20.3 Å². The molecule has 14 heavy (non-hydrogen) atoms. The van der Waals surface area contributed by atoms with Gasteiger partial charge in [0.15, 0.2) is 0 Å². The zero-order valence-electron chi connectivity index (χ0n) is 9.34. The van der Waals surface area contributed by atoms with Gasteiger partial charge >= 0.3 is 0 Å². The maximum absolute atomic E-state index is 11.6. The van der Waals surface area contributed by atoms with E-state index >= 15 is 0 Å². The summed E-state index contributed by atoms with van der Waals surface area (Å²) in [5.41, 5.74) is 0. The van der Waals surface area contributed by atoms with Crippen molar-refractivity contribution in [3.05, 3.63) is 0 Å². The molecule has 0 spiro atoms. The Labute approximate surface area is 86.0 Å². The second-order valence-corrected chi connectivity index (χ2v) is 4.03. The minimum Gasteiger partial charge on any atom is -0.353 e. The van der Waals surface area contributed by atoms with Crippen LogP contribution in [0.15, 0.2) is 0 Å². The summed E-state index contributed by atoms with van der Waals surface area (Å²) in [7, 11) is 1.92. The number of piperazine rings is 1. The van der Waals surface area contributed by atoms with E-state index in [9.17, 15) is 4.79 Å². The van der Waals surface area contributed by atoms with E-state index < -0.39 is 0 Å². The van der Waals surface area contributed by atoms with Crippen molar-refractivity contribution in [2.75, 3.05) is 26.7 Å². The van der Waals surface area contributed by atoms with Crippen molar-refractivity contribution in [1.29, 1.82) is 0 Å². The van der Waals surface area contributed by atoms with Crippen LogP contribution in [0.4, 0.5) is 0 Å². The Kier molecular flexibility index (Phi) is 4.35. The summed E-state index contributed by atoms with van der Waals surface area (Å²) in [5.74, 6) is 0.181. The quantitative estimate of drug-likeness (QED) is 0.659. The number of rotatable bonds is 4. The summed E-state index contributed by atoms with van der Waals surface area (Å²) in [5, 5.41) is 6.01. The molecule has 0 saturated carbocycles. The van der Waals surface area contributed by atoms with Gasteiger partial charge in [0.05, 0.1) is 6.04 Å². The lowest BCUT2D eigenvalue weighted by molar-refractivity contribution is -0.130. The first-order valence-corrected chi connectivity index (χ1v) is 5.35. The molecule has 0 radical (unpaired) electrons. The molecule has 0 aromatic carbocycles. The Balaban J connectivity index is 2.56. The van der Waals surface area contributed by atoms with Gasteiger partial charge in [0, 0.05) is 19.1 Å². The third kappa shape index (κ3) is 2.69. The third-order valence-corrected chi connectivity index (χ3v) is 2.70. The fourth-order valence-corrected chi connectivity index (χ4v) is 1.93. The number of nitrogens with one attached hydrogen (secondary N) is 2. The van der Waals surface area contributed by atoms with E-state index in [-0.39, 0.29) is 11.9 Å². The molecule has 0 aromatic heterocycles. The molecule has 1 rings (SSSR count). The summed E-state index contributed by atoms with van der Waals surface area (Å²) >= 11 is 0. The molecule has 1 aliphatic rings. The molecule has 1 saturated heterocycles. The first-order chi connectivity index (χ1) is 6.66. The molecular formula is C10H21N3O. The standard InChI is InChI=1S/C10H21N3O/c1-8(2)13-7-6-12-10(14)9(13)4-5-11-3/h8-9,11H,4-7H2,1-3H3,(H,12,14). The molecule has 4 nitrogen and oxygen atoms in total. The van der Waals surface area contributed by atoms with Gasteiger partial charge in [-0.15, -0.1) is 0 Å². The SMILES string of the molecule is CNCCC1C(=O)NCCN1C(C)C. The van der Waals surface area contributed by atoms with Crippen molar-refractivity contribution in [2.45, 2.75) is 32.4 Å². The summed E-state index contributed by atoms with van der Waals surface area (Å²) in [6.45, 7) is 6.93. The van der Waals surface area contributed by atoms with Gasteiger partial charge in [-0.2, -0.15) is 0 Å². The molecule has 82 valence electrons. The van der Waals surface area contributed by atoms with E-state index in [1.54, 1.807) is 0 Å². The Morgan fingerprint density at radius 1 is 1.64 bits per heavy atom. The largest absolute Gasteiger partial charge is 0.353 e. The highest BCUT2D eigenvalue weighted by molar-refractivity contribution is 5.82. The predicted octanol–water partition coefficient (Wildman–Crippen LogP) is -0.195. The van der Waals surface area contributed by atoms with Gasteiger partial charge in [0.1, 0.15) is 0 Å². The average molecular weight is 199 g/mol. The third-order valence-electron chi connectivity index (χ3n) is 2.70. The lowest BCUT2D eigenvalue weighted by Gasteiger charge is -2.37. The molecule has 1 fully saturated rings. The van der Waals surface area contributed by atoms with E-state index in [1.165, 1.54) is 0 Å². The zero-order valence-corrected chi connectivity index (χ0v) is 9.34. The van der Waals surface area contributed by atoms with Crippen LogP contribution in [0, 0.1) is 0 Å². The molecule has 1 atom stereocenters. The van der Waals surface area contributed by atoms with Gasteiger partial charge in [-0.3, -0.25) is 9.69 Å². The maximum Gasteiger partial charge on any atom is 0.237 e. The molecule has 1 amide bonds. The van der Waals surface area contributed by atoms with Gasteiger partial charge in [0.2, 0.25) is 5.91 Å². The van der Waals surface area contributed by atoms with Crippen LogP contribution in [0.2, 0.25) is 0 Å². The topological polar surface area (TPSA) is 44.4 Å². The fraction of sp³-hybridized carbons (Fsp3) is 0.900. The number of amides is 1. The van der Waals surface area contributed by atoms with Gasteiger partial charge < -0.3 is 10.6 Å². The van der Waals surface area contributed by atoms with Gasteiger partial charge in [-0.25, -0.2) is 0 Å². The highest BCUT2D eigenvalue weighted by Gasteiger charge is 2.30. The van der Waals surface area contributed by atoms with Crippen LogP contribution in [0.25, 0.3) is 0 Å². The molecule has 4 heteroatoms. The number of nitrogens with zero attached hydrogens (tertiary/aromatic N) is 1. The molecule has 0 bridgehead atoms. The maximum atomic E-state index is 11.6. The first-order valence-electron chi connectivity index (χ1n) is 5.35. The fourth-order valence-electron chi connectivity index (χ4n) is 1.93. The van der Waals surface area contributed by atoms with Gasteiger partial charge in [-0.1, -0.05) is 0 Å². The number of hydrogen-bond acceptors (Lipinski definition) is 3. The molecule has 0 aliphatic carbocycles. The summed E-state index contributed by atoms with van der Waals surface area (Å²) in [6.07, 6.45) is 0.889. The van der Waals surface area contributed by atoms with Crippen LogP contribution in [-0.2, 0) is 4.79 Å². The van der Waals surface area contributed by atoms with Crippen LogP contribution >= 0.6 is 0 Å². The number of hydrogen-bond donors (Lipinski definition) is 2. The predicted molar refractivity (Wildman–Crippen MR) is 57.2 cm³/mol. The molecule has 2 N–H and O–H groups in total. The Hall–Kier alpha value is -0.610. The highest BCUT2D eigenvalue weighted by Crippen LogP contribution is 2.11. The second-order valence-electron chi connectivity index (χ2n) is 4.03. The van der Waals surface area contributed by atoms with Crippen molar-refractivity contribution < 1.29 is 4.79 Å². The van der Waals surface area contributed by atoms with Crippen molar-refractivity contribution in [2.24, 2.45) is 0 Å². The second kappa shape index (κ2) is 5.32. The van der Waals surface area contributed by atoms with Crippen LogP contribution in [-0.4, -0.2) is 49.6 Å². The molecule has 1 aliphatic heterocycles. The van der Waals surface area contributed by atoms with Crippen molar-refractivity contribution in [1.82, 2.24) is 15.5 Å². The highest BCUT2D eigenvalue weighted by atomic mass is 16.2. The van der Waals surface area contributed by atoms with E-state index in [0.29, 0.717) is 6.04 Å². The normalized spacial score (nSPS) is 24.0. The minimum atomic E-state index is 0.0520. The van der Waals surface area contributed by atoms with Crippen molar-refractivity contribution in [3.8, 4) is 0 Å². The molecular weight excluding hydrogens is 178 g/mol. The minimum absolute atomic E-state index is 0.0520. The van der Waals surface area contributed by atoms with Gasteiger partial charge in [0.25, 0.3) is 0 Å². The molecule has 1 heterocycles. The molecule has 0 aromatic rings.